The highest BCUT2D eigenvalue weighted by atomic mass is 15.2. The highest BCUT2D eigenvalue weighted by molar-refractivity contribution is 5.40. The molecule has 1 aromatic rings. The van der Waals surface area contributed by atoms with Crippen molar-refractivity contribution in [2.24, 2.45) is 5.92 Å². The lowest BCUT2D eigenvalue weighted by Crippen LogP contribution is -2.39. The van der Waals surface area contributed by atoms with Crippen LogP contribution in [0.4, 0.5) is 5.82 Å². The van der Waals surface area contributed by atoms with Crippen molar-refractivity contribution in [1.29, 1.82) is 0 Å². The molecule has 0 saturated carbocycles. The summed E-state index contributed by atoms with van der Waals surface area (Å²) in [4.78, 5) is 11.3. The summed E-state index contributed by atoms with van der Waals surface area (Å²) in [5.74, 6) is 2.70. The SMILES string of the molecule is CNCC1CCCN(c2cc(C)nc(C)n2)C1. The Morgan fingerprint density at radius 2 is 2.24 bits per heavy atom. The monoisotopic (exact) mass is 234 g/mol. The third-order valence-corrected chi connectivity index (χ3v) is 3.29. The first-order valence-corrected chi connectivity index (χ1v) is 6.41. The first-order chi connectivity index (χ1) is 8.19. The van der Waals surface area contributed by atoms with Gasteiger partial charge in [0.05, 0.1) is 0 Å². The van der Waals surface area contributed by atoms with Gasteiger partial charge in [0, 0.05) is 24.8 Å². The molecule has 0 spiro atoms. The van der Waals surface area contributed by atoms with E-state index in [1.165, 1.54) is 12.8 Å². The van der Waals surface area contributed by atoms with E-state index < -0.39 is 0 Å². The molecule has 0 radical (unpaired) electrons. The largest absolute Gasteiger partial charge is 0.356 e. The number of hydrogen-bond donors (Lipinski definition) is 1. The molecule has 17 heavy (non-hydrogen) atoms. The topological polar surface area (TPSA) is 41.0 Å². The van der Waals surface area contributed by atoms with E-state index in [0.717, 1.165) is 42.9 Å². The maximum absolute atomic E-state index is 4.55. The number of piperidine rings is 1. The fourth-order valence-corrected chi connectivity index (χ4v) is 2.59. The van der Waals surface area contributed by atoms with Gasteiger partial charge in [-0.2, -0.15) is 0 Å². The zero-order valence-electron chi connectivity index (χ0n) is 11.0. The van der Waals surface area contributed by atoms with E-state index in [1.807, 2.05) is 20.9 Å². The highest BCUT2D eigenvalue weighted by Gasteiger charge is 2.20. The molecular formula is C13H22N4. The van der Waals surface area contributed by atoms with E-state index in [-0.39, 0.29) is 0 Å². The Kier molecular flexibility index (Phi) is 3.94. The van der Waals surface area contributed by atoms with Gasteiger partial charge in [-0.05, 0) is 46.2 Å². The summed E-state index contributed by atoms with van der Waals surface area (Å²) in [5.41, 5.74) is 1.06. The first-order valence-electron chi connectivity index (χ1n) is 6.41. The number of aryl methyl sites for hydroxylation is 2. The molecular weight excluding hydrogens is 212 g/mol. The number of anilines is 1. The van der Waals surface area contributed by atoms with E-state index in [0.29, 0.717) is 0 Å². The minimum absolute atomic E-state index is 0.740. The van der Waals surface area contributed by atoms with E-state index in [2.05, 4.69) is 26.3 Å². The van der Waals surface area contributed by atoms with Crippen molar-refractivity contribution in [3.05, 3.63) is 17.6 Å². The maximum Gasteiger partial charge on any atom is 0.132 e. The number of hydrogen-bond acceptors (Lipinski definition) is 4. The van der Waals surface area contributed by atoms with Crippen LogP contribution >= 0.6 is 0 Å². The molecule has 1 aliphatic heterocycles. The highest BCUT2D eigenvalue weighted by Crippen LogP contribution is 2.21. The molecule has 1 aliphatic rings. The molecule has 0 amide bonds. The zero-order chi connectivity index (χ0) is 12.3. The quantitative estimate of drug-likeness (QED) is 0.861. The van der Waals surface area contributed by atoms with Crippen molar-refractivity contribution < 1.29 is 0 Å². The Hall–Kier alpha value is -1.16. The predicted molar refractivity (Wildman–Crippen MR) is 70.4 cm³/mol. The molecule has 1 atom stereocenters. The lowest BCUT2D eigenvalue weighted by atomic mass is 9.98. The van der Waals surface area contributed by atoms with E-state index >= 15 is 0 Å². The summed E-state index contributed by atoms with van der Waals surface area (Å²) in [6.45, 7) is 7.32. The molecule has 94 valence electrons. The van der Waals surface area contributed by atoms with Gasteiger partial charge < -0.3 is 10.2 Å². The van der Waals surface area contributed by atoms with Crippen LogP contribution in [-0.2, 0) is 0 Å². The second-order valence-corrected chi connectivity index (χ2v) is 4.93. The molecule has 0 aromatic carbocycles. The van der Waals surface area contributed by atoms with Crippen molar-refractivity contribution in [2.75, 3.05) is 31.6 Å². The van der Waals surface area contributed by atoms with Crippen LogP contribution in [0.3, 0.4) is 0 Å². The van der Waals surface area contributed by atoms with Gasteiger partial charge in [-0.1, -0.05) is 0 Å². The molecule has 0 bridgehead atoms. The lowest BCUT2D eigenvalue weighted by molar-refractivity contribution is 0.401. The normalized spacial score (nSPS) is 20.6. The summed E-state index contributed by atoms with van der Waals surface area (Å²) >= 11 is 0. The molecule has 4 nitrogen and oxygen atoms in total. The summed E-state index contributed by atoms with van der Waals surface area (Å²) < 4.78 is 0. The molecule has 1 fully saturated rings. The summed E-state index contributed by atoms with van der Waals surface area (Å²) in [6, 6.07) is 2.09. The molecule has 2 heterocycles. The van der Waals surface area contributed by atoms with Gasteiger partial charge in [0.2, 0.25) is 0 Å². The van der Waals surface area contributed by atoms with Crippen molar-refractivity contribution in [2.45, 2.75) is 26.7 Å². The Bertz CT molecular complexity index is 355. The minimum atomic E-state index is 0.740. The fraction of sp³-hybridized carbons (Fsp3) is 0.692. The van der Waals surface area contributed by atoms with Gasteiger partial charge in [0.1, 0.15) is 11.6 Å². The molecule has 1 saturated heterocycles. The number of aromatic nitrogens is 2. The smallest absolute Gasteiger partial charge is 0.132 e. The van der Waals surface area contributed by atoms with Gasteiger partial charge in [-0.3, -0.25) is 0 Å². The summed E-state index contributed by atoms with van der Waals surface area (Å²) in [5, 5.41) is 3.27. The first kappa shape index (κ1) is 12.3. The maximum atomic E-state index is 4.55. The summed E-state index contributed by atoms with van der Waals surface area (Å²) in [6.07, 6.45) is 2.58. The molecule has 4 heteroatoms. The summed E-state index contributed by atoms with van der Waals surface area (Å²) in [7, 11) is 2.03. The van der Waals surface area contributed by atoms with Crippen molar-refractivity contribution in [3.8, 4) is 0 Å². The average Bonchev–Trinajstić information content (AvgIpc) is 2.28. The Labute approximate surface area is 103 Å². The molecule has 1 aromatic heterocycles. The number of rotatable bonds is 3. The zero-order valence-corrected chi connectivity index (χ0v) is 11.0. The predicted octanol–water partition coefficient (Wildman–Crippen LogP) is 1.53. The van der Waals surface area contributed by atoms with Gasteiger partial charge >= 0.3 is 0 Å². The standard InChI is InChI=1S/C13H22N4/c1-10-7-13(16-11(2)15-10)17-6-4-5-12(9-17)8-14-3/h7,12,14H,4-6,8-9H2,1-3H3. The van der Waals surface area contributed by atoms with Crippen molar-refractivity contribution in [3.63, 3.8) is 0 Å². The van der Waals surface area contributed by atoms with Crippen molar-refractivity contribution in [1.82, 2.24) is 15.3 Å². The van der Waals surface area contributed by atoms with Crippen LogP contribution < -0.4 is 10.2 Å². The molecule has 1 N–H and O–H groups in total. The van der Waals surface area contributed by atoms with Crippen LogP contribution in [0, 0.1) is 19.8 Å². The van der Waals surface area contributed by atoms with Crippen LogP contribution in [0.2, 0.25) is 0 Å². The van der Waals surface area contributed by atoms with Gasteiger partial charge in [0.15, 0.2) is 0 Å². The molecule has 1 unspecified atom stereocenters. The van der Waals surface area contributed by atoms with Gasteiger partial charge in [-0.15, -0.1) is 0 Å². The number of nitrogens with zero attached hydrogens (tertiary/aromatic N) is 3. The Morgan fingerprint density at radius 1 is 1.41 bits per heavy atom. The van der Waals surface area contributed by atoms with Gasteiger partial charge in [0.25, 0.3) is 0 Å². The van der Waals surface area contributed by atoms with E-state index in [9.17, 15) is 0 Å². The second-order valence-electron chi connectivity index (χ2n) is 4.93. The van der Waals surface area contributed by atoms with E-state index in [4.69, 9.17) is 0 Å². The minimum Gasteiger partial charge on any atom is -0.356 e. The molecule has 0 aliphatic carbocycles. The van der Waals surface area contributed by atoms with Crippen LogP contribution in [0.25, 0.3) is 0 Å². The molecule has 2 rings (SSSR count). The lowest BCUT2D eigenvalue weighted by Gasteiger charge is -2.33. The average molecular weight is 234 g/mol. The van der Waals surface area contributed by atoms with Crippen LogP contribution in [0.5, 0.6) is 0 Å². The Morgan fingerprint density at radius 3 is 2.94 bits per heavy atom. The number of nitrogens with one attached hydrogen (secondary N) is 1. The van der Waals surface area contributed by atoms with Crippen LogP contribution in [0.15, 0.2) is 6.07 Å². The van der Waals surface area contributed by atoms with Crippen LogP contribution in [-0.4, -0.2) is 36.6 Å². The fourth-order valence-electron chi connectivity index (χ4n) is 2.59. The third-order valence-electron chi connectivity index (χ3n) is 3.29. The third kappa shape index (κ3) is 3.16. The van der Waals surface area contributed by atoms with E-state index in [1.54, 1.807) is 0 Å². The van der Waals surface area contributed by atoms with Gasteiger partial charge in [-0.25, -0.2) is 9.97 Å². The van der Waals surface area contributed by atoms with Crippen molar-refractivity contribution >= 4 is 5.82 Å². The Balaban J connectivity index is 2.10. The van der Waals surface area contributed by atoms with Crippen LogP contribution in [0.1, 0.15) is 24.4 Å². The second kappa shape index (κ2) is 5.45.